The SMILES string of the molecule is C1CN[C@@H](CN2CCCN3CCCC3C2)C1. The van der Waals surface area contributed by atoms with Gasteiger partial charge in [-0.05, 0) is 58.3 Å². The van der Waals surface area contributed by atoms with E-state index < -0.39 is 0 Å². The standard InChI is InChI=1S/C13H25N3/c1-4-12(14-6-1)10-15-7-3-9-16-8-2-5-13(16)11-15/h12-14H,1-11H2/t12-,13?/m1/s1. The van der Waals surface area contributed by atoms with Crippen LogP contribution in [-0.2, 0) is 0 Å². The van der Waals surface area contributed by atoms with E-state index in [1.54, 1.807) is 0 Å². The summed E-state index contributed by atoms with van der Waals surface area (Å²) in [5, 5.41) is 3.63. The highest BCUT2D eigenvalue weighted by Gasteiger charge is 2.29. The van der Waals surface area contributed by atoms with Crippen molar-refractivity contribution in [2.75, 3.05) is 39.3 Å². The van der Waals surface area contributed by atoms with Crippen LogP contribution in [0.15, 0.2) is 0 Å². The van der Waals surface area contributed by atoms with Crippen LogP contribution < -0.4 is 5.32 Å². The lowest BCUT2D eigenvalue weighted by atomic mass is 10.2. The van der Waals surface area contributed by atoms with E-state index in [4.69, 9.17) is 0 Å². The van der Waals surface area contributed by atoms with Gasteiger partial charge in [-0.2, -0.15) is 0 Å². The van der Waals surface area contributed by atoms with Crippen LogP contribution >= 0.6 is 0 Å². The number of hydrogen-bond acceptors (Lipinski definition) is 3. The van der Waals surface area contributed by atoms with Crippen molar-refractivity contribution in [3.05, 3.63) is 0 Å². The van der Waals surface area contributed by atoms with E-state index in [2.05, 4.69) is 15.1 Å². The Kier molecular flexibility index (Phi) is 3.46. The minimum Gasteiger partial charge on any atom is -0.313 e. The Labute approximate surface area is 99.2 Å². The van der Waals surface area contributed by atoms with Gasteiger partial charge in [-0.25, -0.2) is 0 Å². The average Bonchev–Trinajstić information content (AvgIpc) is 2.88. The van der Waals surface area contributed by atoms with Crippen LogP contribution in [0.5, 0.6) is 0 Å². The number of nitrogens with zero attached hydrogens (tertiary/aromatic N) is 2. The number of fused-ring (bicyclic) bond motifs is 1. The largest absolute Gasteiger partial charge is 0.313 e. The molecular formula is C13H25N3. The molecule has 0 amide bonds. The summed E-state index contributed by atoms with van der Waals surface area (Å²) in [6.45, 7) is 7.90. The first kappa shape index (κ1) is 11.0. The second-order valence-corrected chi connectivity index (χ2v) is 5.74. The zero-order chi connectivity index (χ0) is 10.8. The van der Waals surface area contributed by atoms with Crippen molar-refractivity contribution in [3.8, 4) is 0 Å². The van der Waals surface area contributed by atoms with Crippen LogP contribution in [0, 0.1) is 0 Å². The van der Waals surface area contributed by atoms with Crippen molar-refractivity contribution in [3.63, 3.8) is 0 Å². The molecule has 0 aliphatic carbocycles. The highest BCUT2D eigenvalue weighted by molar-refractivity contribution is 4.87. The summed E-state index contributed by atoms with van der Waals surface area (Å²) in [7, 11) is 0. The summed E-state index contributed by atoms with van der Waals surface area (Å²) in [5.41, 5.74) is 0. The van der Waals surface area contributed by atoms with Crippen molar-refractivity contribution < 1.29 is 0 Å². The smallest absolute Gasteiger partial charge is 0.0223 e. The van der Waals surface area contributed by atoms with Gasteiger partial charge in [0, 0.05) is 25.2 Å². The molecule has 0 radical (unpaired) electrons. The van der Waals surface area contributed by atoms with Gasteiger partial charge in [-0.1, -0.05) is 0 Å². The highest BCUT2D eigenvalue weighted by atomic mass is 15.3. The second kappa shape index (κ2) is 5.03. The predicted octanol–water partition coefficient (Wildman–Crippen LogP) is 0.909. The third-order valence-corrected chi connectivity index (χ3v) is 4.53. The molecule has 0 aromatic carbocycles. The average molecular weight is 223 g/mol. The molecule has 0 aromatic rings. The summed E-state index contributed by atoms with van der Waals surface area (Å²) in [6, 6.07) is 1.66. The Morgan fingerprint density at radius 3 is 2.81 bits per heavy atom. The summed E-state index contributed by atoms with van der Waals surface area (Å²) in [4.78, 5) is 5.45. The van der Waals surface area contributed by atoms with Gasteiger partial charge in [-0.3, -0.25) is 4.90 Å². The minimum atomic E-state index is 0.785. The molecule has 3 heteroatoms. The molecule has 1 unspecified atom stereocenters. The molecule has 3 nitrogen and oxygen atoms in total. The summed E-state index contributed by atoms with van der Waals surface area (Å²) >= 11 is 0. The Bertz CT molecular complexity index is 225. The molecule has 3 heterocycles. The molecule has 3 fully saturated rings. The van der Waals surface area contributed by atoms with E-state index >= 15 is 0 Å². The normalized spacial score (nSPS) is 37.5. The maximum absolute atomic E-state index is 3.63. The molecule has 0 bridgehead atoms. The zero-order valence-electron chi connectivity index (χ0n) is 10.3. The molecule has 16 heavy (non-hydrogen) atoms. The van der Waals surface area contributed by atoms with Crippen molar-refractivity contribution in [1.29, 1.82) is 0 Å². The number of nitrogens with one attached hydrogen (secondary N) is 1. The predicted molar refractivity (Wildman–Crippen MR) is 66.7 cm³/mol. The lowest BCUT2D eigenvalue weighted by molar-refractivity contribution is 0.209. The van der Waals surface area contributed by atoms with E-state index in [0.717, 1.165) is 12.1 Å². The van der Waals surface area contributed by atoms with Crippen LogP contribution in [0.2, 0.25) is 0 Å². The molecule has 0 spiro atoms. The molecule has 3 aliphatic heterocycles. The third kappa shape index (κ3) is 2.41. The van der Waals surface area contributed by atoms with E-state index in [0.29, 0.717) is 0 Å². The van der Waals surface area contributed by atoms with E-state index in [1.165, 1.54) is 71.4 Å². The Morgan fingerprint density at radius 2 is 1.94 bits per heavy atom. The van der Waals surface area contributed by atoms with Gasteiger partial charge in [0.15, 0.2) is 0 Å². The molecular weight excluding hydrogens is 198 g/mol. The Balaban J connectivity index is 1.54. The van der Waals surface area contributed by atoms with Crippen molar-refractivity contribution in [2.45, 2.75) is 44.2 Å². The molecule has 0 saturated carbocycles. The summed E-state index contributed by atoms with van der Waals surface area (Å²) in [5.74, 6) is 0. The van der Waals surface area contributed by atoms with Crippen LogP contribution in [-0.4, -0.2) is 61.2 Å². The number of hydrogen-bond donors (Lipinski definition) is 1. The van der Waals surface area contributed by atoms with Crippen LogP contribution in [0.3, 0.4) is 0 Å². The fourth-order valence-corrected chi connectivity index (χ4v) is 3.67. The van der Waals surface area contributed by atoms with Crippen molar-refractivity contribution >= 4 is 0 Å². The molecule has 3 aliphatic rings. The third-order valence-electron chi connectivity index (χ3n) is 4.53. The first-order valence-corrected chi connectivity index (χ1v) is 7.11. The summed E-state index contributed by atoms with van der Waals surface area (Å²) < 4.78 is 0. The van der Waals surface area contributed by atoms with Crippen LogP contribution in [0.25, 0.3) is 0 Å². The lowest BCUT2D eigenvalue weighted by Crippen LogP contribution is -2.42. The Hall–Kier alpha value is -0.120. The fraction of sp³-hybridized carbons (Fsp3) is 1.00. The fourth-order valence-electron chi connectivity index (χ4n) is 3.67. The Morgan fingerprint density at radius 1 is 1.00 bits per heavy atom. The van der Waals surface area contributed by atoms with Crippen LogP contribution in [0.1, 0.15) is 32.1 Å². The molecule has 2 atom stereocenters. The quantitative estimate of drug-likeness (QED) is 0.751. The topological polar surface area (TPSA) is 18.5 Å². The van der Waals surface area contributed by atoms with Gasteiger partial charge in [0.1, 0.15) is 0 Å². The second-order valence-electron chi connectivity index (χ2n) is 5.74. The first-order valence-electron chi connectivity index (χ1n) is 7.11. The molecule has 92 valence electrons. The lowest BCUT2D eigenvalue weighted by Gasteiger charge is -2.27. The van der Waals surface area contributed by atoms with E-state index in [9.17, 15) is 0 Å². The van der Waals surface area contributed by atoms with Gasteiger partial charge >= 0.3 is 0 Å². The maximum atomic E-state index is 3.63. The van der Waals surface area contributed by atoms with Gasteiger partial charge in [-0.15, -0.1) is 0 Å². The molecule has 0 aromatic heterocycles. The van der Waals surface area contributed by atoms with Gasteiger partial charge in [0.2, 0.25) is 0 Å². The van der Waals surface area contributed by atoms with Gasteiger partial charge in [0.25, 0.3) is 0 Å². The van der Waals surface area contributed by atoms with E-state index in [1.807, 2.05) is 0 Å². The van der Waals surface area contributed by atoms with Gasteiger partial charge in [0.05, 0.1) is 0 Å². The summed E-state index contributed by atoms with van der Waals surface area (Å²) in [6.07, 6.45) is 7.02. The highest BCUT2D eigenvalue weighted by Crippen LogP contribution is 2.21. The monoisotopic (exact) mass is 223 g/mol. The van der Waals surface area contributed by atoms with Crippen LogP contribution in [0.4, 0.5) is 0 Å². The van der Waals surface area contributed by atoms with Crippen molar-refractivity contribution in [2.24, 2.45) is 0 Å². The molecule has 1 N–H and O–H groups in total. The minimum absolute atomic E-state index is 0.785. The van der Waals surface area contributed by atoms with E-state index in [-0.39, 0.29) is 0 Å². The zero-order valence-corrected chi connectivity index (χ0v) is 10.3. The first-order chi connectivity index (χ1) is 7.92. The van der Waals surface area contributed by atoms with Crippen molar-refractivity contribution in [1.82, 2.24) is 15.1 Å². The molecule has 3 saturated heterocycles. The molecule has 3 rings (SSSR count). The number of rotatable bonds is 2. The maximum Gasteiger partial charge on any atom is 0.0223 e. The van der Waals surface area contributed by atoms with Gasteiger partial charge < -0.3 is 10.2 Å².